The molecule has 0 spiro atoms. The number of alkyl halides is 1. The van der Waals surface area contributed by atoms with Crippen molar-refractivity contribution in [1.29, 1.82) is 0 Å². The van der Waals surface area contributed by atoms with Gasteiger partial charge in [0.25, 0.3) is 0 Å². The van der Waals surface area contributed by atoms with Crippen LogP contribution in [0.3, 0.4) is 0 Å². The van der Waals surface area contributed by atoms with Crippen LogP contribution in [0.15, 0.2) is 36.2 Å². The number of nitrogens with zero attached hydrogens (tertiary/aromatic N) is 7. The highest BCUT2D eigenvalue weighted by molar-refractivity contribution is 5.50. The van der Waals surface area contributed by atoms with E-state index in [9.17, 15) is 4.39 Å². The molecule has 0 amide bonds. The van der Waals surface area contributed by atoms with Gasteiger partial charge in [-0.15, -0.1) is 11.7 Å². The first-order valence-electron chi connectivity index (χ1n) is 10.1. The fraction of sp³-hybridized carbons (Fsp3) is 0.476. The summed E-state index contributed by atoms with van der Waals surface area (Å²) in [5.74, 6) is 0.790. The smallest absolute Gasteiger partial charge is 0.175 e. The van der Waals surface area contributed by atoms with Crippen LogP contribution in [0, 0.1) is 0 Å². The van der Waals surface area contributed by atoms with E-state index in [4.69, 9.17) is 0 Å². The van der Waals surface area contributed by atoms with E-state index in [1.54, 1.807) is 21.7 Å². The van der Waals surface area contributed by atoms with Crippen molar-refractivity contribution in [2.45, 2.75) is 65.7 Å². The van der Waals surface area contributed by atoms with Crippen molar-refractivity contribution in [3.05, 3.63) is 54.0 Å². The third-order valence-corrected chi connectivity index (χ3v) is 4.48. The molecule has 3 rings (SSSR count). The van der Waals surface area contributed by atoms with E-state index >= 15 is 0 Å². The molecule has 0 aliphatic rings. The zero-order valence-corrected chi connectivity index (χ0v) is 17.7. The van der Waals surface area contributed by atoms with Gasteiger partial charge in [0.2, 0.25) is 0 Å². The van der Waals surface area contributed by atoms with Crippen molar-refractivity contribution in [3.63, 3.8) is 0 Å². The van der Waals surface area contributed by atoms with Crippen LogP contribution < -0.4 is 0 Å². The van der Waals surface area contributed by atoms with Gasteiger partial charge in [-0.3, -0.25) is 4.99 Å². The lowest BCUT2D eigenvalue weighted by Gasteiger charge is -2.18. The molecule has 0 N–H and O–H groups in total. The zero-order valence-electron chi connectivity index (χ0n) is 17.7. The molecular weight excluding hydrogens is 369 g/mol. The quantitative estimate of drug-likeness (QED) is 0.400. The Balaban J connectivity index is 0.00000145. The predicted molar refractivity (Wildman–Crippen MR) is 114 cm³/mol. The Hall–Kier alpha value is -2.90. The molecule has 8 heteroatoms. The molecule has 156 valence electrons. The van der Waals surface area contributed by atoms with Gasteiger partial charge in [0.1, 0.15) is 6.33 Å². The van der Waals surface area contributed by atoms with Crippen molar-refractivity contribution in [2.75, 3.05) is 0 Å². The number of fused-ring (bicyclic) bond motifs is 1. The number of hydrogen-bond acceptors (Lipinski definition) is 5. The molecule has 2 atom stereocenters. The molecule has 0 fully saturated rings. The van der Waals surface area contributed by atoms with Crippen LogP contribution in [0.1, 0.15) is 63.1 Å². The van der Waals surface area contributed by atoms with E-state index in [2.05, 4.69) is 45.4 Å². The largest absolute Gasteiger partial charge is 0.271 e. The maximum absolute atomic E-state index is 14.2. The summed E-state index contributed by atoms with van der Waals surface area (Å²) >= 11 is 0. The molecule has 0 saturated carbocycles. The molecule has 0 saturated heterocycles. The molecule has 3 aromatic heterocycles. The van der Waals surface area contributed by atoms with E-state index < -0.39 is 12.3 Å². The first-order chi connectivity index (χ1) is 14.1. The zero-order chi connectivity index (χ0) is 21.4. The number of aromatic nitrogens is 6. The van der Waals surface area contributed by atoms with E-state index in [1.165, 1.54) is 6.08 Å². The molecule has 3 heterocycles. The summed E-state index contributed by atoms with van der Waals surface area (Å²) in [5.41, 5.74) is 3.58. The Morgan fingerprint density at radius 1 is 1.31 bits per heavy atom. The van der Waals surface area contributed by atoms with Crippen molar-refractivity contribution < 1.29 is 4.39 Å². The summed E-state index contributed by atoms with van der Waals surface area (Å²) in [7, 11) is 0. The Morgan fingerprint density at radius 2 is 2.07 bits per heavy atom. The lowest BCUT2D eigenvalue weighted by Crippen LogP contribution is -2.20. The summed E-state index contributed by atoms with van der Waals surface area (Å²) in [6, 6.07) is 1.84. The third kappa shape index (κ3) is 4.75. The number of aliphatic imine (C=N–C) groups is 1. The summed E-state index contributed by atoms with van der Waals surface area (Å²) in [4.78, 5) is 13.1. The fourth-order valence-electron chi connectivity index (χ4n) is 3.12. The monoisotopic (exact) mass is 399 g/mol. The molecular formula is C21H30FN7. The SMILES string of the molecule is C=CC(F)C(N=C)n1nccc1Cc1ncn2nc(CC)nc2c1CCC.CC. The van der Waals surface area contributed by atoms with Crippen LogP contribution in [-0.2, 0) is 19.3 Å². The number of hydrogen-bond donors (Lipinski definition) is 0. The van der Waals surface area contributed by atoms with E-state index in [0.717, 1.165) is 47.7 Å². The van der Waals surface area contributed by atoms with Crippen molar-refractivity contribution >= 4 is 12.4 Å². The Bertz CT molecular complexity index is 944. The van der Waals surface area contributed by atoms with Gasteiger partial charge >= 0.3 is 0 Å². The van der Waals surface area contributed by atoms with Crippen LogP contribution in [0.5, 0.6) is 0 Å². The molecule has 0 aliphatic carbocycles. The van der Waals surface area contributed by atoms with Crippen LogP contribution in [0.25, 0.3) is 5.65 Å². The van der Waals surface area contributed by atoms with Gasteiger partial charge in [0.05, 0.1) is 5.69 Å². The van der Waals surface area contributed by atoms with Gasteiger partial charge in [-0.2, -0.15) is 5.10 Å². The van der Waals surface area contributed by atoms with Crippen molar-refractivity contribution in [1.82, 2.24) is 29.4 Å². The van der Waals surface area contributed by atoms with Crippen molar-refractivity contribution in [3.8, 4) is 0 Å². The minimum atomic E-state index is -1.37. The van der Waals surface area contributed by atoms with Gasteiger partial charge in [0, 0.05) is 30.3 Å². The average Bonchev–Trinajstić information content (AvgIpc) is 3.38. The van der Waals surface area contributed by atoms with Gasteiger partial charge in [-0.05, 0) is 19.2 Å². The molecule has 3 aromatic rings. The summed E-state index contributed by atoms with van der Waals surface area (Å²) < 4.78 is 17.5. The standard InChI is InChI=1S/C19H24FN7.C2H6/c1-5-8-14-16(22-12-26-18(14)24-17(7-3)25-26)11-13-9-10-23-27(13)19(21-4)15(20)6-2;1-2/h6,9-10,12,15,19H,2,4-5,7-8,11H2,1,3H3;1-2H3. The second-order valence-electron chi connectivity index (χ2n) is 6.29. The summed E-state index contributed by atoms with van der Waals surface area (Å²) in [5, 5.41) is 8.69. The van der Waals surface area contributed by atoms with Crippen LogP contribution in [0.2, 0.25) is 0 Å². The average molecular weight is 400 g/mol. The Morgan fingerprint density at radius 3 is 2.69 bits per heavy atom. The molecule has 0 aromatic carbocycles. The predicted octanol–water partition coefficient (Wildman–Crippen LogP) is 4.18. The maximum atomic E-state index is 14.2. The van der Waals surface area contributed by atoms with Gasteiger partial charge in [-0.25, -0.2) is 23.6 Å². The minimum absolute atomic E-state index is 0.496. The number of rotatable bonds is 9. The van der Waals surface area contributed by atoms with Gasteiger partial charge in [0.15, 0.2) is 23.8 Å². The first kappa shape index (κ1) is 22.4. The first-order valence-corrected chi connectivity index (χ1v) is 10.1. The van der Waals surface area contributed by atoms with Gasteiger partial charge < -0.3 is 0 Å². The molecule has 29 heavy (non-hydrogen) atoms. The highest BCUT2D eigenvalue weighted by atomic mass is 19.1. The highest BCUT2D eigenvalue weighted by Gasteiger charge is 2.22. The second-order valence-corrected chi connectivity index (χ2v) is 6.29. The van der Waals surface area contributed by atoms with Gasteiger partial charge in [-0.1, -0.05) is 40.2 Å². The fourth-order valence-corrected chi connectivity index (χ4v) is 3.12. The molecule has 2 unspecified atom stereocenters. The topological polar surface area (TPSA) is 73.3 Å². The lowest BCUT2D eigenvalue weighted by atomic mass is 10.1. The highest BCUT2D eigenvalue weighted by Crippen LogP contribution is 2.23. The van der Waals surface area contributed by atoms with E-state index in [1.807, 2.05) is 26.8 Å². The van der Waals surface area contributed by atoms with E-state index in [-0.39, 0.29) is 0 Å². The minimum Gasteiger partial charge on any atom is -0.271 e. The Kier molecular flexibility index (Phi) is 8.18. The molecule has 7 nitrogen and oxygen atoms in total. The van der Waals surface area contributed by atoms with Crippen LogP contribution in [-0.4, -0.2) is 42.3 Å². The van der Waals surface area contributed by atoms with Crippen LogP contribution in [0.4, 0.5) is 4.39 Å². The normalized spacial score (nSPS) is 12.9. The van der Waals surface area contributed by atoms with Crippen LogP contribution >= 0.6 is 0 Å². The van der Waals surface area contributed by atoms with E-state index in [0.29, 0.717) is 6.42 Å². The Labute approximate surface area is 171 Å². The van der Waals surface area contributed by atoms with Crippen molar-refractivity contribution in [2.24, 2.45) is 4.99 Å². The summed E-state index contributed by atoms with van der Waals surface area (Å²) in [6.45, 7) is 15.1. The molecule has 0 radical (unpaired) electrons. The second kappa shape index (κ2) is 10.6. The maximum Gasteiger partial charge on any atom is 0.175 e. The lowest BCUT2D eigenvalue weighted by molar-refractivity contribution is 0.269. The molecule has 0 aliphatic heterocycles. The third-order valence-electron chi connectivity index (χ3n) is 4.48. The molecule has 0 bridgehead atoms. The summed E-state index contributed by atoms with van der Waals surface area (Å²) in [6.07, 6.45) is 5.37. The number of aryl methyl sites for hydroxylation is 2. The number of halogens is 1.